The summed E-state index contributed by atoms with van der Waals surface area (Å²) in [5.74, 6) is 0.638. The summed E-state index contributed by atoms with van der Waals surface area (Å²) in [4.78, 5) is 10.7. The number of hydrogen-bond donors (Lipinski definition) is 0. The molecule has 5 nitrogen and oxygen atoms in total. The van der Waals surface area contributed by atoms with Crippen LogP contribution in [0.5, 0.6) is 11.8 Å². The molecule has 1 aliphatic rings. The van der Waals surface area contributed by atoms with Crippen molar-refractivity contribution < 1.29 is 9.47 Å². The third-order valence-corrected chi connectivity index (χ3v) is 3.59. The van der Waals surface area contributed by atoms with Crippen LogP contribution in [0.15, 0.2) is 42.7 Å². The second-order valence-corrected chi connectivity index (χ2v) is 5.15. The van der Waals surface area contributed by atoms with Gasteiger partial charge in [-0.05, 0) is 12.0 Å². The molecule has 2 heterocycles. The van der Waals surface area contributed by atoms with E-state index in [0.29, 0.717) is 11.8 Å². The second kappa shape index (κ2) is 6.54. The van der Waals surface area contributed by atoms with Crippen molar-refractivity contribution in [1.29, 1.82) is 0 Å². The van der Waals surface area contributed by atoms with E-state index in [-0.39, 0.29) is 6.10 Å². The molecule has 1 aromatic carbocycles. The van der Waals surface area contributed by atoms with Gasteiger partial charge in [-0.3, -0.25) is 4.90 Å². The van der Waals surface area contributed by atoms with Crippen LogP contribution in [0.1, 0.15) is 12.0 Å². The Bertz CT molecular complexity index is 559. The summed E-state index contributed by atoms with van der Waals surface area (Å²) in [5, 5.41) is 0. The molecule has 5 heteroatoms. The minimum absolute atomic E-state index is 0.155. The Balaban J connectivity index is 1.52. The highest BCUT2D eigenvalue weighted by molar-refractivity contribution is 5.15. The van der Waals surface area contributed by atoms with Crippen molar-refractivity contribution in [2.75, 3.05) is 20.2 Å². The summed E-state index contributed by atoms with van der Waals surface area (Å²) < 4.78 is 10.9. The third kappa shape index (κ3) is 3.70. The maximum absolute atomic E-state index is 5.82. The van der Waals surface area contributed by atoms with Crippen molar-refractivity contribution in [2.24, 2.45) is 0 Å². The Morgan fingerprint density at radius 2 is 1.95 bits per heavy atom. The summed E-state index contributed by atoms with van der Waals surface area (Å²) in [6, 6.07) is 10.9. The highest BCUT2D eigenvalue weighted by atomic mass is 16.5. The van der Waals surface area contributed by atoms with Crippen molar-refractivity contribution in [3.05, 3.63) is 48.3 Å². The second-order valence-electron chi connectivity index (χ2n) is 5.15. The van der Waals surface area contributed by atoms with Gasteiger partial charge in [0.1, 0.15) is 6.10 Å². The van der Waals surface area contributed by atoms with Crippen molar-refractivity contribution in [2.45, 2.75) is 19.1 Å². The average Bonchev–Trinajstić information content (AvgIpc) is 2.96. The molecule has 110 valence electrons. The fraction of sp³-hybridized carbons (Fsp3) is 0.375. The molecule has 0 bridgehead atoms. The zero-order valence-electron chi connectivity index (χ0n) is 12.1. The standard InChI is InChI=1S/C16H19N3O2/c1-20-15-9-17-16(18-10-15)21-14-7-8-19(12-14)11-13-5-3-2-4-6-13/h2-6,9-10,14H,7-8,11-12H2,1H3. The van der Waals surface area contributed by atoms with Crippen molar-refractivity contribution in [3.8, 4) is 11.8 Å². The van der Waals surface area contributed by atoms with Gasteiger partial charge < -0.3 is 9.47 Å². The highest BCUT2D eigenvalue weighted by Crippen LogP contribution is 2.18. The van der Waals surface area contributed by atoms with E-state index >= 15 is 0 Å². The molecule has 21 heavy (non-hydrogen) atoms. The fourth-order valence-corrected chi connectivity index (χ4v) is 2.50. The molecule has 0 saturated carbocycles. The lowest BCUT2D eigenvalue weighted by atomic mass is 10.2. The molecule has 0 spiro atoms. The number of likely N-dealkylation sites (tertiary alicyclic amines) is 1. The molecule has 0 N–H and O–H groups in total. The smallest absolute Gasteiger partial charge is 0.316 e. The van der Waals surface area contributed by atoms with Crippen LogP contribution < -0.4 is 9.47 Å². The zero-order valence-corrected chi connectivity index (χ0v) is 12.1. The number of hydrogen-bond acceptors (Lipinski definition) is 5. The van der Waals surface area contributed by atoms with E-state index < -0.39 is 0 Å². The Morgan fingerprint density at radius 1 is 1.19 bits per heavy atom. The maximum Gasteiger partial charge on any atom is 0.316 e. The van der Waals surface area contributed by atoms with E-state index in [1.807, 2.05) is 6.07 Å². The maximum atomic E-state index is 5.82. The van der Waals surface area contributed by atoms with Crippen LogP contribution in [-0.2, 0) is 6.54 Å². The van der Waals surface area contributed by atoms with E-state index in [2.05, 4.69) is 39.1 Å². The van der Waals surface area contributed by atoms with E-state index in [1.54, 1.807) is 19.5 Å². The number of nitrogens with zero attached hydrogens (tertiary/aromatic N) is 3. The number of rotatable bonds is 5. The van der Waals surface area contributed by atoms with Crippen LogP contribution in [0.3, 0.4) is 0 Å². The summed E-state index contributed by atoms with van der Waals surface area (Å²) >= 11 is 0. The first-order valence-corrected chi connectivity index (χ1v) is 7.12. The van der Waals surface area contributed by atoms with Crippen molar-refractivity contribution in [1.82, 2.24) is 14.9 Å². The minimum atomic E-state index is 0.155. The van der Waals surface area contributed by atoms with Gasteiger partial charge in [-0.15, -0.1) is 0 Å². The van der Waals surface area contributed by atoms with Gasteiger partial charge in [0.15, 0.2) is 5.75 Å². The third-order valence-electron chi connectivity index (χ3n) is 3.59. The monoisotopic (exact) mass is 285 g/mol. The first kappa shape index (κ1) is 13.8. The molecule has 1 unspecified atom stereocenters. The van der Waals surface area contributed by atoms with Crippen LogP contribution in [0.4, 0.5) is 0 Å². The lowest BCUT2D eigenvalue weighted by molar-refractivity contribution is 0.183. The largest absolute Gasteiger partial charge is 0.494 e. The normalized spacial score (nSPS) is 18.6. The molecule has 0 aliphatic carbocycles. The van der Waals surface area contributed by atoms with Gasteiger partial charge in [-0.25, -0.2) is 0 Å². The first-order valence-electron chi connectivity index (χ1n) is 7.12. The Kier molecular flexibility index (Phi) is 4.31. The lowest BCUT2D eigenvalue weighted by Gasteiger charge is -2.16. The van der Waals surface area contributed by atoms with E-state index in [4.69, 9.17) is 9.47 Å². The van der Waals surface area contributed by atoms with Crippen LogP contribution >= 0.6 is 0 Å². The number of benzene rings is 1. The molecule has 1 fully saturated rings. The zero-order chi connectivity index (χ0) is 14.5. The molecule has 1 aliphatic heterocycles. The lowest BCUT2D eigenvalue weighted by Crippen LogP contribution is -2.25. The highest BCUT2D eigenvalue weighted by Gasteiger charge is 2.24. The van der Waals surface area contributed by atoms with Crippen LogP contribution in [0.2, 0.25) is 0 Å². The number of ether oxygens (including phenoxy) is 2. The van der Waals surface area contributed by atoms with Crippen LogP contribution in [0.25, 0.3) is 0 Å². The van der Waals surface area contributed by atoms with E-state index in [9.17, 15) is 0 Å². The Morgan fingerprint density at radius 3 is 2.67 bits per heavy atom. The molecule has 0 amide bonds. The predicted molar refractivity (Wildman–Crippen MR) is 79.3 cm³/mol. The Hall–Kier alpha value is -2.14. The molecular formula is C16H19N3O2. The van der Waals surface area contributed by atoms with E-state index in [0.717, 1.165) is 26.1 Å². The summed E-state index contributed by atoms with van der Waals surface area (Å²) in [6.45, 7) is 2.91. The first-order chi connectivity index (χ1) is 10.3. The number of methoxy groups -OCH3 is 1. The van der Waals surface area contributed by atoms with Gasteiger partial charge in [0.05, 0.1) is 19.5 Å². The summed E-state index contributed by atoms with van der Waals surface area (Å²) in [6.07, 6.45) is 4.40. The molecular weight excluding hydrogens is 266 g/mol. The average molecular weight is 285 g/mol. The molecule has 1 aromatic heterocycles. The Labute approximate surface area is 124 Å². The molecule has 3 rings (SSSR count). The SMILES string of the molecule is COc1cnc(OC2CCN(Cc3ccccc3)C2)nc1. The van der Waals surface area contributed by atoms with Crippen LogP contribution in [0, 0.1) is 0 Å². The van der Waals surface area contributed by atoms with Gasteiger partial charge in [0, 0.05) is 19.6 Å². The van der Waals surface area contributed by atoms with Gasteiger partial charge in [-0.2, -0.15) is 9.97 Å². The molecule has 1 saturated heterocycles. The van der Waals surface area contributed by atoms with Crippen LogP contribution in [-0.4, -0.2) is 41.2 Å². The van der Waals surface area contributed by atoms with E-state index in [1.165, 1.54) is 5.56 Å². The molecule has 2 aromatic rings. The van der Waals surface area contributed by atoms with Gasteiger partial charge >= 0.3 is 6.01 Å². The van der Waals surface area contributed by atoms with Gasteiger partial charge in [-0.1, -0.05) is 30.3 Å². The van der Waals surface area contributed by atoms with Crippen molar-refractivity contribution in [3.63, 3.8) is 0 Å². The van der Waals surface area contributed by atoms with Gasteiger partial charge in [0.25, 0.3) is 0 Å². The van der Waals surface area contributed by atoms with Gasteiger partial charge in [0.2, 0.25) is 0 Å². The molecule has 0 radical (unpaired) electrons. The van der Waals surface area contributed by atoms with Crippen molar-refractivity contribution >= 4 is 0 Å². The summed E-state index contributed by atoms with van der Waals surface area (Å²) in [7, 11) is 1.59. The quantitative estimate of drug-likeness (QED) is 0.842. The fourth-order valence-electron chi connectivity index (χ4n) is 2.50. The molecule has 1 atom stereocenters. The number of aromatic nitrogens is 2. The summed E-state index contributed by atoms with van der Waals surface area (Å²) in [5.41, 5.74) is 1.33. The topological polar surface area (TPSA) is 47.5 Å². The minimum Gasteiger partial charge on any atom is -0.494 e. The predicted octanol–water partition coefficient (Wildman–Crippen LogP) is 2.14.